The summed E-state index contributed by atoms with van der Waals surface area (Å²) in [5, 5.41) is 0. The molecule has 0 spiro atoms. The summed E-state index contributed by atoms with van der Waals surface area (Å²) in [5.74, 6) is 2.62. The Bertz CT molecular complexity index is 1160. The van der Waals surface area contributed by atoms with E-state index in [2.05, 4.69) is 148 Å². The van der Waals surface area contributed by atoms with Gasteiger partial charge in [-0.05, 0) is 89.6 Å². The van der Waals surface area contributed by atoms with E-state index < -0.39 is 0 Å². The van der Waals surface area contributed by atoms with Crippen molar-refractivity contribution in [2.45, 2.75) is 201 Å². The van der Waals surface area contributed by atoms with Gasteiger partial charge < -0.3 is 18.9 Å². The van der Waals surface area contributed by atoms with Gasteiger partial charge in [-0.15, -0.1) is 18.9 Å². The Morgan fingerprint density at radius 3 is 1.12 bits per heavy atom. The third-order valence-corrected chi connectivity index (χ3v) is 8.46. The highest BCUT2D eigenvalue weighted by atomic mass is 16.7. The molecule has 2 rings (SSSR count). The topological polar surface area (TPSA) is 36.9 Å². The van der Waals surface area contributed by atoms with Crippen molar-refractivity contribution in [1.29, 1.82) is 0 Å². The van der Waals surface area contributed by atoms with Gasteiger partial charge in [-0.3, -0.25) is 0 Å². The second-order valence-corrected chi connectivity index (χ2v) is 21.1. The molecule has 57 heavy (non-hydrogen) atoms. The van der Waals surface area contributed by atoms with Gasteiger partial charge in [0.25, 0.3) is 0 Å². The van der Waals surface area contributed by atoms with Gasteiger partial charge in [0.15, 0.2) is 12.6 Å². The van der Waals surface area contributed by atoms with Crippen molar-refractivity contribution in [3.8, 4) is 12.3 Å². The van der Waals surface area contributed by atoms with Crippen LogP contribution in [-0.2, 0) is 32.2 Å². The van der Waals surface area contributed by atoms with Crippen LogP contribution in [0.1, 0.15) is 186 Å². The average molecular weight is 795 g/mol. The normalized spacial score (nSPS) is 11.8. The maximum atomic E-state index is 6.02. The largest absolute Gasteiger partial charge is 0.356 e. The second-order valence-electron chi connectivity index (χ2n) is 21.1. The van der Waals surface area contributed by atoms with Crippen LogP contribution in [0.4, 0.5) is 0 Å². The summed E-state index contributed by atoms with van der Waals surface area (Å²) >= 11 is 0. The molecule has 0 bridgehead atoms. The standard InChI is InChI=1S/C21H28O2.C9H20O2.C8H16.C8H14.C7H16/c1-21(2,3)15-14-20(22-16-18-10-6-4-7-11-18)23-17-19-12-8-5-9-13-19;1-9(2,3)7-6-8(10-4)11-5;2*1-5-6-7-8(2,3)4;1-5-6-7(2,3)4/h4-13,20H,14-17H2,1-3H3;8H,6-7H2,1-5H3;5H,1,6-7H2,2-4H3;1H,6-7H2,2-4H3;5-6H2,1-4H3. The molecule has 0 aromatic heterocycles. The summed E-state index contributed by atoms with van der Waals surface area (Å²) in [5.41, 5.74) is 4.45. The summed E-state index contributed by atoms with van der Waals surface area (Å²) < 4.78 is 22.2. The van der Waals surface area contributed by atoms with E-state index in [0.29, 0.717) is 34.9 Å². The molecule has 0 N–H and O–H groups in total. The summed E-state index contributed by atoms with van der Waals surface area (Å²) in [7, 11) is 3.35. The first kappa shape index (κ1) is 58.9. The third-order valence-electron chi connectivity index (χ3n) is 8.46. The Morgan fingerprint density at radius 2 is 0.895 bits per heavy atom. The average Bonchev–Trinajstić information content (AvgIpc) is 3.10. The molecule has 0 aliphatic carbocycles. The van der Waals surface area contributed by atoms with Gasteiger partial charge in [0.2, 0.25) is 0 Å². The predicted molar refractivity (Wildman–Crippen MR) is 252 cm³/mol. The number of hydrogen-bond acceptors (Lipinski definition) is 4. The van der Waals surface area contributed by atoms with Crippen LogP contribution in [0.5, 0.6) is 0 Å². The zero-order valence-electron chi connectivity index (χ0n) is 40.9. The zero-order valence-corrected chi connectivity index (χ0v) is 40.9. The number of rotatable bonds is 16. The monoisotopic (exact) mass is 795 g/mol. The van der Waals surface area contributed by atoms with Crippen molar-refractivity contribution in [3.05, 3.63) is 84.4 Å². The van der Waals surface area contributed by atoms with Gasteiger partial charge in [0.05, 0.1) is 13.2 Å². The predicted octanol–water partition coefficient (Wildman–Crippen LogP) is 16.3. The van der Waals surface area contributed by atoms with Crippen LogP contribution >= 0.6 is 0 Å². The van der Waals surface area contributed by atoms with E-state index in [4.69, 9.17) is 25.4 Å². The van der Waals surface area contributed by atoms with Gasteiger partial charge in [-0.25, -0.2) is 0 Å². The molecule has 0 amide bonds. The van der Waals surface area contributed by atoms with Gasteiger partial charge >= 0.3 is 0 Å². The maximum Gasteiger partial charge on any atom is 0.158 e. The Balaban J connectivity index is -0.000000718. The zero-order chi connectivity index (χ0) is 44.6. The number of ether oxygens (including phenoxy) is 4. The lowest BCUT2D eigenvalue weighted by Gasteiger charge is -2.24. The lowest BCUT2D eigenvalue weighted by Crippen LogP contribution is -2.20. The van der Waals surface area contributed by atoms with Gasteiger partial charge in [-0.2, -0.15) is 0 Å². The Labute approximate surface area is 356 Å². The van der Waals surface area contributed by atoms with Crippen molar-refractivity contribution in [1.82, 2.24) is 0 Å². The highest BCUT2D eigenvalue weighted by Gasteiger charge is 2.17. The number of terminal acetylenes is 1. The van der Waals surface area contributed by atoms with E-state index in [-0.39, 0.29) is 18.0 Å². The van der Waals surface area contributed by atoms with Crippen LogP contribution in [-0.4, -0.2) is 26.8 Å². The molecule has 2 aromatic rings. The molecule has 330 valence electrons. The highest BCUT2D eigenvalue weighted by molar-refractivity contribution is 5.14. The molecular formula is C53H94O4. The number of benzene rings is 2. The molecule has 0 atom stereocenters. The molecule has 4 nitrogen and oxygen atoms in total. The molecule has 0 unspecified atom stereocenters. The molecule has 0 fully saturated rings. The molecule has 0 aliphatic rings. The SMILES string of the molecule is C#CCCC(C)(C)C.C=CCCC(C)(C)C.CC(C)(C)CCC(OCc1ccccc1)OCc1ccccc1.CCCC(C)(C)C.COC(CCC(C)(C)C)OC. The molecular weight excluding hydrogens is 701 g/mol. The van der Waals surface area contributed by atoms with Crippen LogP contribution in [0.15, 0.2) is 73.3 Å². The van der Waals surface area contributed by atoms with Crippen LogP contribution in [0.25, 0.3) is 0 Å². The van der Waals surface area contributed by atoms with E-state index in [1.54, 1.807) is 14.2 Å². The smallest absolute Gasteiger partial charge is 0.158 e. The molecule has 0 heterocycles. The van der Waals surface area contributed by atoms with Crippen molar-refractivity contribution in [3.63, 3.8) is 0 Å². The quantitative estimate of drug-likeness (QED) is 0.0963. The highest BCUT2D eigenvalue weighted by Crippen LogP contribution is 2.25. The van der Waals surface area contributed by atoms with E-state index in [0.717, 1.165) is 44.9 Å². The van der Waals surface area contributed by atoms with Crippen LogP contribution in [0.3, 0.4) is 0 Å². The minimum Gasteiger partial charge on any atom is -0.356 e. The Kier molecular flexibility index (Phi) is 33.5. The lowest BCUT2D eigenvalue weighted by molar-refractivity contribution is -0.163. The summed E-state index contributed by atoms with van der Waals surface area (Å²) in [6, 6.07) is 20.5. The second kappa shape index (κ2) is 32.4. The molecule has 4 heteroatoms. The van der Waals surface area contributed by atoms with Crippen molar-refractivity contribution in [2.24, 2.45) is 27.1 Å². The molecule has 0 radical (unpaired) electrons. The number of allylic oxidation sites excluding steroid dienone is 1. The fourth-order valence-corrected chi connectivity index (χ4v) is 4.91. The lowest BCUT2D eigenvalue weighted by atomic mass is 9.90. The molecule has 0 aliphatic heterocycles. The summed E-state index contributed by atoms with van der Waals surface area (Å²) in [4.78, 5) is 0. The fourth-order valence-electron chi connectivity index (χ4n) is 4.91. The van der Waals surface area contributed by atoms with E-state index in [9.17, 15) is 0 Å². The Morgan fingerprint density at radius 1 is 0.544 bits per heavy atom. The van der Waals surface area contributed by atoms with Gasteiger partial charge in [0, 0.05) is 20.6 Å². The first-order chi connectivity index (χ1) is 26.2. The van der Waals surface area contributed by atoms with E-state index >= 15 is 0 Å². The van der Waals surface area contributed by atoms with E-state index in [1.165, 1.54) is 30.4 Å². The van der Waals surface area contributed by atoms with Crippen molar-refractivity contribution < 1.29 is 18.9 Å². The maximum absolute atomic E-state index is 6.02. The Hall–Kier alpha value is -2.42. The molecule has 0 saturated heterocycles. The molecule has 0 saturated carbocycles. The van der Waals surface area contributed by atoms with E-state index in [1.807, 2.05) is 42.5 Å². The van der Waals surface area contributed by atoms with Crippen LogP contribution in [0.2, 0.25) is 0 Å². The third kappa shape index (κ3) is 49.7. The minimum atomic E-state index is -0.172. The van der Waals surface area contributed by atoms with Crippen molar-refractivity contribution >= 4 is 0 Å². The number of methoxy groups -OCH3 is 2. The van der Waals surface area contributed by atoms with Crippen molar-refractivity contribution in [2.75, 3.05) is 14.2 Å². The first-order valence-electron chi connectivity index (χ1n) is 21.6. The van der Waals surface area contributed by atoms with Crippen LogP contribution < -0.4 is 0 Å². The van der Waals surface area contributed by atoms with Gasteiger partial charge in [-0.1, -0.05) is 184 Å². The van der Waals surface area contributed by atoms with Gasteiger partial charge in [0.1, 0.15) is 0 Å². The fraction of sp³-hybridized carbons (Fsp3) is 0.698. The summed E-state index contributed by atoms with van der Waals surface area (Å²) in [6.45, 7) is 40.6. The molecule has 2 aromatic carbocycles. The minimum absolute atomic E-state index is 0.0331. The first-order valence-corrected chi connectivity index (χ1v) is 21.6. The number of hydrogen-bond donors (Lipinski definition) is 0. The summed E-state index contributed by atoms with van der Waals surface area (Å²) in [6.07, 6.45) is 18.0. The van der Waals surface area contributed by atoms with Crippen LogP contribution in [0, 0.1) is 39.4 Å².